The third kappa shape index (κ3) is 3.17. The maximum Gasteiger partial charge on any atom is 0.123 e. The number of hydrogen-bond acceptors (Lipinski definition) is 4. The van der Waals surface area contributed by atoms with Crippen LogP contribution in [0, 0.1) is 6.92 Å². The lowest BCUT2D eigenvalue weighted by Gasteiger charge is -2.16. The van der Waals surface area contributed by atoms with E-state index in [1.807, 2.05) is 17.8 Å². The molecule has 0 aliphatic carbocycles. The van der Waals surface area contributed by atoms with Crippen LogP contribution in [-0.4, -0.2) is 11.5 Å². The van der Waals surface area contributed by atoms with E-state index in [-0.39, 0.29) is 6.04 Å². The second kappa shape index (κ2) is 5.98. The van der Waals surface area contributed by atoms with Crippen molar-refractivity contribution in [2.24, 2.45) is 0 Å². The lowest BCUT2D eigenvalue weighted by atomic mass is 10.1. The van der Waals surface area contributed by atoms with E-state index in [0.29, 0.717) is 0 Å². The van der Waals surface area contributed by atoms with Gasteiger partial charge in [-0.15, -0.1) is 11.3 Å². The summed E-state index contributed by atoms with van der Waals surface area (Å²) >= 11 is 1.70. The summed E-state index contributed by atoms with van der Waals surface area (Å²) in [6.45, 7) is 5.27. The smallest absolute Gasteiger partial charge is 0.123 e. The summed E-state index contributed by atoms with van der Waals surface area (Å²) in [6, 6.07) is 2.27. The molecule has 2 aromatic heterocycles. The van der Waals surface area contributed by atoms with Crippen molar-refractivity contribution in [3.05, 3.63) is 40.2 Å². The van der Waals surface area contributed by atoms with E-state index in [1.165, 1.54) is 10.4 Å². The molecule has 0 saturated carbocycles. The fourth-order valence-corrected chi connectivity index (χ4v) is 2.50. The van der Waals surface area contributed by atoms with E-state index in [0.717, 1.165) is 25.1 Å². The maximum atomic E-state index is 5.59. The lowest BCUT2D eigenvalue weighted by molar-refractivity contribution is 0.409. The first kappa shape index (κ1) is 12.3. The Balaban J connectivity index is 2.11. The molecule has 2 rings (SSSR count). The first-order valence-corrected chi connectivity index (χ1v) is 6.84. The number of thiazole rings is 1. The molecule has 0 spiro atoms. The van der Waals surface area contributed by atoms with Crippen molar-refractivity contribution in [1.29, 1.82) is 0 Å². The Morgan fingerprint density at radius 3 is 3.00 bits per heavy atom. The summed E-state index contributed by atoms with van der Waals surface area (Å²) in [4.78, 5) is 5.41. The molecule has 17 heavy (non-hydrogen) atoms. The summed E-state index contributed by atoms with van der Waals surface area (Å²) in [5.74, 6) is 1.05. The van der Waals surface area contributed by atoms with Gasteiger partial charge in [-0.3, -0.25) is 4.98 Å². The maximum absolute atomic E-state index is 5.59. The molecule has 0 saturated heterocycles. The van der Waals surface area contributed by atoms with Crippen molar-refractivity contribution in [2.45, 2.75) is 32.7 Å². The minimum atomic E-state index is 0.255. The molecule has 0 radical (unpaired) electrons. The molecule has 1 N–H and O–H groups in total. The van der Waals surface area contributed by atoms with Gasteiger partial charge in [-0.25, -0.2) is 0 Å². The number of hydrogen-bond donors (Lipinski definition) is 1. The first-order chi connectivity index (χ1) is 8.31. The highest BCUT2D eigenvalue weighted by Crippen LogP contribution is 2.24. The van der Waals surface area contributed by atoms with E-state index in [2.05, 4.69) is 24.1 Å². The van der Waals surface area contributed by atoms with E-state index < -0.39 is 0 Å². The van der Waals surface area contributed by atoms with Gasteiger partial charge in [0.05, 0.1) is 17.8 Å². The van der Waals surface area contributed by atoms with Crippen LogP contribution in [0.3, 0.4) is 0 Å². The molecule has 0 amide bonds. The fourth-order valence-electron chi connectivity index (χ4n) is 1.86. The van der Waals surface area contributed by atoms with Crippen LogP contribution in [0.15, 0.2) is 28.5 Å². The Bertz CT molecular complexity index is 436. The minimum absolute atomic E-state index is 0.255. The molecule has 0 aromatic carbocycles. The fraction of sp³-hybridized carbons (Fsp3) is 0.462. The Hall–Kier alpha value is -1.13. The second-order valence-electron chi connectivity index (χ2n) is 4.15. The third-order valence-corrected chi connectivity index (χ3v) is 3.55. The second-order valence-corrected chi connectivity index (χ2v) is 5.12. The molecule has 1 unspecified atom stereocenters. The van der Waals surface area contributed by atoms with Gasteiger partial charge in [0, 0.05) is 17.5 Å². The van der Waals surface area contributed by atoms with Crippen LogP contribution >= 0.6 is 11.3 Å². The Morgan fingerprint density at radius 2 is 2.41 bits per heavy atom. The molecule has 3 nitrogen and oxygen atoms in total. The SMILES string of the molecule is CCCNC(Cc1cncs1)c1occc1C. The predicted octanol–water partition coefficient (Wildman–Crippen LogP) is 3.33. The van der Waals surface area contributed by atoms with Crippen LogP contribution in [0.1, 0.15) is 35.6 Å². The van der Waals surface area contributed by atoms with E-state index in [9.17, 15) is 0 Å². The summed E-state index contributed by atoms with van der Waals surface area (Å²) < 4.78 is 5.59. The molecule has 0 fully saturated rings. The minimum Gasteiger partial charge on any atom is -0.467 e. The Kier molecular flexibility index (Phi) is 4.34. The molecule has 0 aliphatic rings. The molecular weight excluding hydrogens is 232 g/mol. The highest BCUT2D eigenvalue weighted by Gasteiger charge is 2.17. The van der Waals surface area contributed by atoms with Gasteiger partial charge in [0.25, 0.3) is 0 Å². The monoisotopic (exact) mass is 250 g/mol. The van der Waals surface area contributed by atoms with Crippen molar-refractivity contribution < 1.29 is 4.42 Å². The molecular formula is C13H18N2OS. The first-order valence-electron chi connectivity index (χ1n) is 5.96. The molecule has 0 aliphatic heterocycles. The lowest BCUT2D eigenvalue weighted by Crippen LogP contribution is -2.24. The summed E-state index contributed by atoms with van der Waals surface area (Å²) in [5, 5.41) is 3.54. The topological polar surface area (TPSA) is 38.1 Å². The summed E-state index contributed by atoms with van der Waals surface area (Å²) in [6.07, 6.45) is 5.76. The highest BCUT2D eigenvalue weighted by molar-refractivity contribution is 7.09. The number of nitrogens with one attached hydrogen (secondary N) is 1. The zero-order chi connectivity index (χ0) is 12.1. The van der Waals surface area contributed by atoms with Gasteiger partial charge in [-0.1, -0.05) is 6.92 Å². The summed E-state index contributed by atoms with van der Waals surface area (Å²) in [5.41, 5.74) is 3.09. The van der Waals surface area contributed by atoms with Crippen LogP contribution in [0.5, 0.6) is 0 Å². The quantitative estimate of drug-likeness (QED) is 0.854. The van der Waals surface area contributed by atoms with Gasteiger partial charge < -0.3 is 9.73 Å². The van der Waals surface area contributed by atoms with Crippen molar-refractivity contribution in [3.63, 3.8) is 0 Å². The normalized spacial score (nSPS) is 12.8. The van der Waals surface area contributed by atoms with Crippen LogP contribution in [0.25, 0.3) is 0 Å². The van der Waals surface area contributed by atoms with Gasteiger partial charge in [0.2, 0.25) is 0 Å². The predicted molar refractivity (Wildman–Crippen MR) is 70.3 cm³/mol. The summed E-state index contributed by atoms with van der Waals surface area (Å²) in [7, 11) is 0. The number of aryl methyl sites for hydroxylation is 1. The molecule has 2 aromatic rings. The van der Waals surface area contributed by atoms with Gasteiger partial charge in [-0.2, -0.15) is 0 Å². The van der Waals surface area contributed by atoms with Crippen molar-refractivity contribution in [1.82, 2.24) is 10.3 Å². The van der Waals surface area contributed by atoms with Gasteiger partial charge in [0.1, 0.15) is 5.76 Å². The number of aromatic nitrogens is 1. The van der Waals surface area contributed by atoms with E-state index in [4.69, 9.17) is 4.42 Å². The molecule has 2 heterocycles. The highest BCUT2D eigenvalue weighted by atomic mass is 32.1. The third-order valence-electron chi connectivity index (χ3n) is 2.75. The standard InChI is InChI=1S/C13H18N2OS/c1-3-5-15-12(7-11-8-14-9-17-11)13-10(2)4-6-16-13/h4,6,8-9,12,15H,3,5,7H2,1-2H3. The zero-order valence-corrected chi connectivity index (χ0v) is 11.1. The number of furan rings is 1. The average molecular weight is 250 g/mol. The number of rotatable bonds is 6. The molecule has 1 atom stereocenters. The zero-order valence-electron chi connectivity index (χ0n) is 10.3. The Labute approximate surface area is 106 Å². The molecule has 92 valence electrons. The molecule has 4 heteroatoms. The van der Waals surface area contributed by atoms with Gasteiger partial charge in [0.15, 0.2) is 0 Å². The van der Waals surface area contributed by atoms with Crippen LogP contribution < -0.4 is 5.32 Å². The van der Waals surface area contributed by atoms with Gasteiger partial charge in [-0.05, 0) is 31.5 Å². The van der Waals surface area contributed by atoms with Crippen molar-refractivity contribution in [3.8, 4) is 0 Å². The van der Waals surface area contributed by atoms with Crippen LogP contribution in [-0.2, 0) is 6.42 Å². The van der Waals surface area contributed by atoms with Crippen molar-refractivity contribution in [2.75, 3.05) is 6.54 Å². The van der Waals surface area contributed by atoms with Crippen molar-refractivity contribution >= 4 is 11.3 Å². The van der Waals surface area contributed by atoms with E-state index >= 15 is 0 Å². The van der Waals surface area contributed by atoms with Crippen LogP contribution in [0.4, 0.5) is 0 Å². The largest absolute Gasteiger partial charge is 0.467 e. The van der Waals surface area contributed by atoms with E-state index in [1.54, 1.807) is 17.6 Å². The molecule has 0 bridgehead atoms. The van der Waals surface area contributed by atoms with Crippen LogP contribution in [0.2, 0.25) is 0 Å². The van der Waals surface area contributed by atoms with Gasteiger partial charge >= 0.3 is 0 Å². The number of nitrogens with zero attached hydrogens (tertiary/aromatic N) is 1. The average Bonchev–Trinajstić information content (AvgIpc) is 2.95. The Morgan fingerprint density at radius 1 is 1.53 bits per heavy atom.